The fourth-order valence-electron chi connectivity index (χ4n) is 10.4. The van der Waals surface area contributed by atoms with Gasteiger partial charge in [-0.25, -0.2) is 50.5 Å². The van der Waals surface area contributed by atoms with Crippen molar-refractivity contribution in [2.24, 2.45) is 0 Å². The van der Waals surface area contributed by atoms with Crippen molar-refractivity contribution >= 4 is 117 Å². The molecule has 0 aromatic heterocycles. The number of amides is 2. The van der Waals surface area contributed by atoms with Crippen LogP contribution in [0.5, 0.6) is 0 Å². The fourth-order valence-corrected chi connectivity index (χ4v) is 14.0. The maximum absolute atomic E-state index is 13.4. The van der Waals surface area contributed by atoms with Crippen LogP contribution in [-0.4, -0.2) is 138 Å². The van der Waals surface area contributed by atoms with Crippen molar-refractivity contribution in [3.8, 4) is 0 Å². The van der Waals surface area contributed by atoms with Gasteiger partial charge in [-0.3, -0.25) is 9.59 Å². The molecule has 0 aliphatic carbocycles. The number of allylic oxidation sites excluding steroid dienone is 6. The Morgan fingerprint density at radius 2 is 1.06 bits per heavy atom. The van der Waals surface area contributed by atoms with Crippen molar-refractivity contribution in [1.82, 2.24) is 10.6 Å². The van der Waals surface area contributed by atoms with Gasteiger partial charge < -0.3 is 42.8 Å². The summed E-state index contributed by atoms with van der Waals surface area (Å²) in [6.07, 6.45) is 6.03. The number of anilines is 1. The molecular weight excluding hydrogens is 1320 g/mol. The van der Waals surface area contributed by atoms with E-state index in [9.17, 15) is 87.4 Å². The molecule has 7 rings (SSSR count). The van der Waals surface area contributed by atoms with Crippen molar-refractivity contribution < 1.29 is 240 Å². The van der Waals surface area contributed by atoms with Crippen LogP contribution in [0.2, 0.25) is 0 Å². The number of nitrogens with one attached hydrogen (secondary N) is 2. The molecule has 0 unspecified atom stereocenters. The molecule has 24 nitrogen and oxygen atoms in total. The first-order valence-electron chi connectivity index (χ1n) is 24.9. The Labute approximate surface area is 622 Å². The largest absolute Gasteiger partial charge is 1.00 e. The summed E-state index contributed by atoms with van der Waals surface area (Å²) in [6, 6.07) is 14.0. The SMILES string of the molecule is C=C(C)C(=O)NCCCNC(=O)c1ccc(C(=C\C=C2/N(CCCS(=O)(=O)[O-])c3ccc4c(S(=O)(=O)[O-])cc(S(=O)(=O)[O-])cc4c3C2(C)C)/C=C/C2=[N+](CCCS(=O)(=O)[O-])c3ccc4c(S(=O)(=O)[O-])cc(S(=O)(=O)[O-])cc4c3C2(C)C)cc1.[Na+].[Na+].[Na+].[Na+].[Na+]. The molecule has 0 fully saturated rings. The minimum Gasteiger partial charge on any atom is -0.748 e. The number of carbonyl (C=O) groups is 2. The minimum absolute atomic E-state index is 0. The summed E-state index contributed by atoms with van der Waals surface area (Å²) >= 11 is 0. The van der Waals surface area contributed by atoms with E-state index < -0.39 is 109 Å². The van der Waals surface area contributed by atoms with E-state index in [-0.39, 0.29) is 242 Å². The molecule has 0 atom stereocenters. The van der Waals surface area contributed by atoms with Gasteiger partial charge in [0.1, 0.15) is 47.0 Å². The molecule has 0 bridgehead atoms. The zero-order chi connectivity index (χ0) is 61.8. The molecule has 0 saturated carbocycles. The van der Waals surface area contributed by atoms with E-state index in [1.165, 1.54) is 43.3 Å². The van der Waals surface area contributed by atoms with Crippen molar-refractivity contribution in [2.75, 3.05) is 42.6 Å². The van der Waals surface area contributed by atoms with Gasteiger partial charge >= 0.3 is 148 Å². The van der Waals surface area contributed by atoms with Crippen LogP contribution in [0.25, 0.3) is 27.1 Å². The van der Waals surface area contributed by atoms with Gasteiger partial charge in [-0.2, -0.15) is 4.58 Å². The Morgan fingerprint density at radius 3 is 1.55 bits per heavy atom. The van der Waals surface area contributed by atoms with Crippen LogP contribution in [-0.2, 0) is 76.3 Å². The Bertz CT molecular complexity index is 4440. The van der Waals surface area contributed by atoms with Crippen molar-refractivity contribution in [2.45, 2.75) is 84.3 Å². The van der Waals surface area contributed by atoms with Crippen LogP contribution in [0.15, 0.2) is 135 Å². The number of hydrogen-bond acceptors (Lipinski definition) is 21. The molecule has 88 heavy (non-hydrogen) atoms. The molecule has 2 heterocycles. The number of carbonyl (C=O) groups excluding carboxylic acids is 2. The van der Waals surface area contributed by atoms with E-state index in [4.69, 9.17) is 0 Å². The summed E-state index contributed by atoms with van der Waals surface area (Å²) in [4.78, 5) is 22.7. The topological polar surface area (TPSA) is 408 Å². The predicted molar refractivity (Wildman–Crippen MR) is 298 cm³/mol. The van der Waals surface area contributed by atoms with E-state index >= 15 is 0 Å². The minimum atomic E-state index is -5.44. The quantitative estimate of drug-likeness (QED) is 0.0162. The molecular formula is C53H53N4Na5O20S6. The zero-order valence-corrected chi connectivity index (χ0v) is 64.7. The molecule has 2 N–H and O–H groups in total. The van der Waals surface area contributed by atoms with E-state index in [2.05, 4.69) is 17.2 Å². The summed E-state index contributed by atoms with van der Waals surface area (Å²) in [7, 11) is -31.3. The van der Waals surface area contributed by atoms with Crippen LogP contribution < -0.4 is 163 Å². The Kier molecular flexibility index (Phi) is 29.4. The first-order chi connectivity index (χ1) is 38.1. The smallest absolute Gasteiger partial charge is 0.748 e. The van der Waals surface area contributed by atoms with Crippen molar-refractivity contribution in [3.05, 3.63) is 137 Å². The predicted octanol–water partition coefficient (Wildman–Crippen LogP) is -11.0. The maximum Gasteiger partial charge on any atom is 1.00 e. The first kappa shape index (κ1) is 82.5. The molecule has 2 aliphatic rings. The second-order valence-electron chi connectivity index (χ2n) is 20.7. The summed E-state index contributed by atoms with van der Waals surface area (Å²) in [5.41, 5.74) is -0.130. The van der Waals surface area contributed by atoms with Crippen LogP contribution in [0, 0.1) is 0 Å². The Morgan fingerprint density at radius 1 is 0.580 bits per heavy atom. The molecule has 5 aromatic rings. The van der Waals surface area contributed by atoms with Crippen LogP contribution in [0.1, 0.15) is 80.9 Å². The third-order valence-corrected chi connectivity index (χ3v) is 19.1. The Balaban J connectivity index is 0.00000528. The van der Waals surface area contributed by atoms with Gasteiger partial charge in [0.2, 0.25) is 11.6 Å². The first-order valence-corrected chi connectivity index (χ1v) is 33.7. The van der Waals surface area contributed by atoms with Gasteiger partial charge in [0.25, 0.3) is 5.91 Å². The number of hydrogen-bond donors (Lipinski definition) is 2. The molecule has 2 aliphatic heterocycles. The number of benzene rings is 5. The number of fused-ring (bicyclic) bond motifs is 6. The second-order valence-corrected chi connectivity index (χ2v) is 29.2. The van der Waals surface area contributed by atoms with Crippen molar-refractivity contribution in [3.63, 3.8) is 0 Å². The average molecular weight is 1370 g/mol. The molecule has 0 radical (unpaired) electrons. The monoisotopic (exact) mass is 1370 g/mol. The maximum atomic E-state index is 13.4. The summed E-state index contributed by atoms with van der Waals surface area (Å²) in [5.74, 6) is -2.55. The van der Waals surface area contributed by atoms with E-state index in [1.807, 2.05) is 0 Å². The number of rotatable bonds is 22. The third-order valence-electron chi connectivity index (χ3n) is 14.1. The van der Waals surface area contributed by atoms with Gasteiger partial charge in [0, 0.05) is 88.6 Å². The summed E-state index contributed by atoms with van der Waals surface area (Å²) in [5, 5.41) is 4.64. The van der Waals surface area contributed by atoms with Gasteiger partial charge in [-0.15, -0.1) is 0 Å². The molecule has 0 saturated heterocycles. The molecule has 35 heteroatoms. The van der Waals surface area contributed by atoms with Crippen molar-refractivity contribution in [1.29, 1.82) is 0 Å². The molecule has 2 amide bonds. The van der Waals surface area contributed by atoms with Crippen LogP contribution in [0.4, 0.5) is 11.4 Å². The summed E-state index contributed by atoms with van der Waals surface area (Å²) < 4.78 is 224. The molecule has 0 spiro atoms. The van der Waals surface area contributed by atoms with Crippen LogP contribution in [0.3, 0.4) is 0 Å². The molecule has 446 valence electrons. The average Bonchev–Trinajstić information content (AvgIpc) is 1.53. The van der Waals surface area contributed by atoms with E-state index in [0.29, 0.717) is 46.7 Å². The third kappa shape index (κ3) is 19.3. The second kappa shape index (κ2) is 31.3. The van der Waals surface area contributed by atoms with Gasteiger partial charge in [-0.05, 0) is 127 Å². The van der Waals surface area contributed by atoms with Crippen LogP contribution >= 0.6 is 0 Å². The standard InChI is InChI=1S/C53H58N4O20S6.5Na/c1-32(2)50(58)54-22-7-23-55-51(59)35-12-10-33(11-13-35)34(14-20-46-52(3,4)48-40-28-36(80(66,67)68)30-44(82(72,73)74)38(40)16-18-42(48)56(46)24-8-26-78(60,61)62)15-21-47-53(5,6)49-41-29-37(81(69,70)71)31-45(83(75,76)77)39(41)17-19-43(49)57(47)25-9-27-79(63,64)65;;;;;/h10-21,28-31H,1,7-9,22-27H2,2-6H3,(H7-,54,55,58,59,60,61,62,63,64,65,66,67,68,69,70,71,72,73,74,75,76,77);;;;;/q;5*+1/p-5. The zero-order valence-electron chi connectivity index (χ0n) is 49.8. The fraction of sp³-hybridized carbons (Fsp3) is 0.302. The normalized spacial score (nSPS) is 15.3. The molecule has 5 aromatic carbocycles. The van der Waals surface area contributed by atoms with Gasteiger partial charge in [-0.1, -0.05) is 44.7 Å². The van der Waals surface area contributed by atoms with Gasteiger partial charge in [0.15, 0.2) is 5.71 Å². The Hall–Kier alpha value is -1.55. The van der Waals surface area contributed by atoms with E-state index in [0.717, 1.165) is 12.1 Å². The summed E-state index contributed by atoms with van der Waals surface area (Å²) in [6.45, 7) is 11.6. The number of nitrogens with zero attached hydrogens (tertiary/aromatic N) is 2. The van der Waals surface area contributed by atoms with E-state index in [1.54, 1.807) is 73.6 Å². The van der Waals surface area contributed by atoms with Gasteiger partial charge in [0.05, 0.1) is 45.2 Å².